The van der Waals surface area contributed by atoms with Crippen molar-refractivity contribution in [2.24, 2.45) is 5.10 Å². The van der Waals surface area contributed by atoms with Gasteiger partial charge in [-0.1, -0.05) is 53.7 Å². The maximum Gasteiger partial charge on any atom is 0.250 e. The minimum atomic E-state index is -0.279. The number of carbonyl (C=O) groups is 1. The molecule has 188 valence electrons. The molecule has 8 nitrogen and oxygen atoms in total. The lowest BCUT2D eigenvalue weighted by Crippen LogP contribution is -2.20. The Morgan fingerprint density at radius 1 is 0.947 bits per heavy atom. The number of nitrogens with zero attached hydrogens (tertiary/aromatic N) is 5. The zero-order valence-electron chi connectivity index (χ0n) is 19.9. The number of rotatable bonds is 9. The van der Waals surface area contributed by atoms with Crippen molar-refractivity contribution in [3.8, 4) is 28.6 Å². The summed E-state index contributed by atoms with van der Waals surface area (Å²) in [5.74, 6) is 1.86. The molecule has 2 heterocycles. The first-order valence-corrected chi connectivity index (χ1v) is 12.9. The van der Waals surface area contributed by atoms with Crippen LogP contribution in [0.15, 0.2) is 114 Å². The number of para-hydroxylation sites is 1. The zero-order chi connectivity index (χ0) is 26.2. The van der Waals surface area contributed by atoms with Gasteiger partial charge in [-0.25, -0.2) is 5.43 Å². The Morgan fingerprint density at radius 2 is 1.71 bits per heavy atom. The highest BCUT2D eigenvalue weighted by molar-refractivity contribution is 7.99. The Kier molecular flexibility index (Phi) is 8.07. The molecule has 38 heavy (non-hydrogen) atoms. The number of hydrogen-bond acceptors (Lipinski definition) is 7. The molecule has 5 rings (SSSR count). The van der Waals surface area contributed by atoms with Gasteiger partial charge in [-0.3, -0.25) is 14.3 Å². The molecule has 1 N–H and O–H groups in total. The average Bonchev–Trinajstić information content (AvgIpc) is 3.38. The molecule has 5 aromatic rings. The van der Waals surface area contributed by atoms with Crippen LogP contribution in [0.5, 0.6) is 11.5 Å². The molecule has 3 aromatic carbocycles. The van der Waals surface area contributed by atoms with Crippen LogP contribution in [0.3, 0.4) is 0 Å². The second kappa shape index (κ2) is 12.2. The van der Waals surface area contributed by atoms with Crippen LogP contribution in [-0.4, -0.2) is 37.6 Å². The first kappa shape index (κ1) is 25.2. The summed E-state index contributed by atoms with van der Waals surface area (Å²) in [5.41, 5.74) is 5.02. The van der Waals surface area contributed by atoms with Crippen LogP contribution >= 0.6 is 23.4 Å². The van der Waals surface area contributed by atoms with Gasteiger partial charge in [0.15, 0.2) is 11.0 Å². The van der Waals surface area contributed by atoms with E-state index in [1.54, 1.807) is 30.7 Å². The van der Waals surface area contributed by atoms with E-state index in [4.69, 9.17) is 16.3 Å². The molecule has 0 saturated heterocycles. The summed E-state index contributed by atoms with van der Waals surface area (Å²) in [6.07, 6.45) is 4.95. The first-order valence-electron chi connectivity index (χ1n) is 11.6. The molecule has 0 fully saturated rings. The largest absolute Gasteiger partial charge is 0.457 e. The quantitative estimate of drug-likeness (QED) is 0.140. The van der Waals surface area contributed by atoms with Crippen molar-refractivity contribution >= 4 is 35.5 Å². The highest BCUT2D eigenvalue weighted by Crippen LogP contribution is 2.28. The van der Waals surface area contributed by atoms with Crippen molar-refractivity contribution in [3.05, 3.63) is 114 Å². The number of amides is 1. The molecule has 2 aromatic heterocycles. The first-order chi connectivity index (χ1) is 18.7. The third-order valence-corrected chi connectivity index (χ3v) is 6.41. The molecule has 1 amide bonds. The molecule has 0 unspecified atom stereocenters. The number of carbonyl (C=O) groups excluding carboxylic acids is 1. The molecule has 0 aliphatic carbocycles. The van der Waals surface area contributed by atoms with Gasteiger partial charge in [0, 0.05) is 28.7 Å². The number of nitrogens with one attached hydrogen (secondary N) is 1. The minimum absolute atomic E-state index is 0.0938. The summed E-state index contributed by atoms with van der Waals surface area (Å²) in [7, 11) is 0. The molecular weight excluding hydrogens is 520 g/mol. The third kappa shape index (κ3) is 6.44. The second-order valence-electron chi connectivity index (χ2n) is 7.92. The average molecular weight is 541 g/mol. The fourth-order valence-corrected chi connectivity index (χ4v) is 4.37. The number of pyridine rings is 1. The summed E-state index contributed by atoms with van der Waals surface area (Å²) >= 11 is 7.34. The van der Waals surface area contributed by atoms with Gasteiger partial charge in [-0.05, 0) is 66.2 Å². The lowest BCUT2D eigenvalue weighted by molar-refractivity contribution is -0.118. The van der Waals surface area contributed by atoms with Crippen molar-refractivity contribution in [2.75, 3.05) is 5.75 Å². The standard InChI is InChI=1S/C28H21ClN6O2S/c29-22-9-11-23(12-10-22)35-27(21-13-15-30-16-14-21)33-34-28(35)38-19-26(36)32-31-18-20-5-4-8-25(17-20)37-24-6-2-1-3-7-24/h1-18H,19H2,(H,32,36)/b31-18-. The van der Waals surface area contributed by atoms with E-state index in [1.807, 2.05) is 83.4 Å². The van der Waals surface area contributed by atoms with E-state index in [0.29, 0.717) is 21.8 Å². The Labute approximate surface area is 228 Å². The van der Waals surface area contributed by atoms with E-state index < -0.39 is 0 Å². The molecule has 0 bridgehead atoms. The summed E-state index contributed by atoms with van der Waals surface area (Å²) in [6.45, 7) is 0. The lowest BCUT2D eigenvalue weighted by Gasteiger charge is -2.10. The van der Waals surface area contributed by atoms with Crippen LogP contribution in [0.25, 0.3) is 17.1 Å². The molecule has 0 aliphatic heterocycles. The van der Waals surface area contributed by atoms with Gasteiger partial charge in [0.05, 0.1) is 12.0 Å². The lowest BCUT2D eigenvalue weighted by atomic mass is 10.2. The van der Waals surface area contributed by atoms with Crippen molar-refractivity contribution in [1.29, 1.82) is 0 Å². The number of ether oxygens (including phenoxy) is 1. The van der Waals surface area contributed by atoms with E-state index in [1.165, 1.54) is 11.8 Å². The van der Waals surface area contributed by atoms with Gasteiger partial charge < -0.3 is 4.74 Å². The van der Waals surface area contributed by atoms with Crippen LogP contribution in [0.4, 0.5) is 0 Å². The molecular formula is C28H21ClN6O2S. The topological polar surface area (TPSA) is 94.3 Å². The number of aromatic nitrogens is 4. The Morgan fingerprint density at radius 3 is 2.50 bits per heavy atom. The Bertz CT molecular complexity index is 1540. The summed E-state index contributed by atoms with van der Waals surface area (Å²) in [4.78, 5) is 16.6. The van der Waals surface area contributed by atoms with E-state index in [2.05, 4.69) is 25.7 Å². The highest BCUT2D eigenvalue weighted by Gasteiger charge is 2.17. The van der Waals surface area contributed by atoms with Crippen LogP contribution < -0.4 is 10.2 Å². The van der Waals surface area contributed by atoms with Crippen molar-refractivity contribution in [2.45, 2.75) is 5.16 Å². The SMILES string of the molecule is O=C(CSc1nnc(-c2ccncc2)n1-c1ccc(Cl)cc1)N/N=C\c1cccc(Oc2ccccc2)c1. The van der Waals surface area contributed by atoms with Crippen LogP contribution in [-0.2, 0) is 4.79 Å². The number of benzene rings is 3. The predicted octanol–water partition coefficient (Wildman–Crippen LogP) is 6.02. The summed E-state index contributed by atoms with van der Waals surface area (Å²) in [5, 5.41) is 14.0. The number of halogens is 1. The normalized spacial score (nSPS) is 11.0. The smallest absolute Gasteiger partial charge is 0.250 e. The van der Waals surface area contributed by atoms with Gasteiger partial charge >= 0.3 is 0 Å². The van der Waals surface area contributed by atoms with Gasteiger partial charge in [-0.15, -0.1) is 10.2 Å². The van der Waals surface area contributed by atoms with Gasteiger partial charge in [0.2, 0.25) is 0 Å². The van der Waals surface area contributed by atoms with E-state index in [9.17, 15) is 4.79 Å². The van der Waals surface area contributed by atoms with Crippen molar-refractivity contribution in [1.82, 2.24) is 25.2 Å². The molecule has 0 aliphatic rings. The van der Waals surface area contributed by atoms with Crippen molar-refractivity contribution < 1.29 is 9.53 Å². The van der Waals surface area contributed by atoms with Crippen LogP contribution in [0, 0.1) is 0 Å². The fourth-order valence-electron chi connectivity index (χ4n) is 3.50. The van der Waals surface area contributed by atoms with E-state index in [0.717, 1.165) is 22.6 Å². The fraction of sp³-hybridized carbons (Fsp3) is 0.0357. The maximum atomic E-state index is 12.5. The monoisotopic (exact) mass is 540 g/mol. The molecule has 0 radical (unpaired) electrons. The van der Waals surface area contributed by atoms with Crippen LogP contribution in [0.2, 0.25) is 5.02 Å². The van der Waals surface area contributed by atoms with Crippen LogP contribution in [0.1, 0.15) is 5.56 Å². The second-order valence-corrected chi connectivity index (χ2v) is 9.30. The van der Waals surface area contributed by atoms with Gasteiger partial charge in [0.25, 0.3) is 5.91 Å². The van der Waals surface area contributed by atoms with Gasteiger partial charge in [0.1, 0.15) is 11.5 Å². The molecule has 0 saturated carbocycles. The number of thioether (sulfide) groups is 1. The predicted molar refractivity (Wildman–Crippen MR) is 149 cm³/mol. The zero-order valence-corrected chi connectivity index (χ0v) is 21.5. The highest BCUT2D eigenvalue weighted by atomic mass is 35.5. The molecule has 10 heteroatoms. The maximum absolute atomic E-state index is 12.5. The van der Waals surface area contributed by atoms with Crippen molar-refractivity contribution in [3.63, 3.8) is 0 Å². The van der Waals surface area contributed by atoms with E-state index >= 15 is 0 Å². The molecule has 0 spiro atoms. The van der Waals surface area contributed by atoms with E-state index in [-0.39, 0.29) is 11.7 Å². The number of hydrazone groups is 1. The molecule has 0 atom stereocenters. The third-order valence-electron chi connectivity index (χ3n) is 5.23. The Balaban J connectivity index is 1.24. The number of hydrogen-bond donors (Lipinski definition) is 1. The minimum Gasteiger partial charge on any atom is -0.457 e. The Hall–Kier alpha value is -4.47. The summed E-state index contributed by atoms with van der Waals surface area (Å²) < 4.78 is 7.72. The van der Waals surface area contributed by atoms with Gasteiger partial charge in [-0.2, -0.15) is 5.10 Å². The summed E-state index contributed by atoms with van der Waals surface area (Å²) in [6, 6.07) is 28.0.